The monoisotopic (exact) mass is 339 g/mol. The molecule has 2 unspecified atom stereocenters. The summed E-state index contributed by atoms with van der Waals surface area (Å²) in [6, 6.07) is 16.0. The summed E-state index contributed by atoms with van der Waals surface area (Å²) in [5.41, 5.74) is 2.56. The molecule has 1 aliphatic heterocycles. The maximum atomic E-state index is 9.45. The van der Waals surface area contributed by atoms with Gasteiger partial charge in [0, 0.05) is 6.54 Å². The predicted octanol–water partition coefficient (Wildman–Crippen LogP) is 4.77. The minimum atomic E-state index is 0.319. The van der Waals surface area contributed by atoms with Crippen molar-refractivity contribution in [2.24, 2.45) is 0 Å². The first-order valence-electron chi connectivity index (χ1n) is 9.37. The number of hydrogen-bond donors (Lipinski definition) is 1. The van der Waals surface area contributed by atoms with Gasteiger partial charge in [-0.2, -0.15) is 0 Å². The molecule has 0 amide bonds. The molecule has 3 rings (SSSR count). The fourth-order valence-electron chi connectivity index (χ4n) is 3.52. The molecule has 2 aromatic carbocycles. The molecule has 0 spiro atoms. The largest absolute Gasteiger partial charge is 0.508 e. The number of ether oxygens (including phenoxy) is 1. The normalized spacial score (nSPS) is 17.4. The van der Waals surface area contributed by atoms with E-state index in [2.05, 4.69) is 43.0 Å². The summed E-state index contributed by atoms with van der Waals surface area (Å²) in [7, 11) is 0. The first-order valence-corrected chi connectivity index (χ1v) is 9.37. The van der Waals surface area contributed by atoms with E-state index in [1.54, 1.807) is 12.1 Å². The Morgan fingerprint density at radius 2 is 1.40 bits per heavy atom. The van der Waals surface area contributed by atoms with E-state index in [1.807, 2.05) is 12.1 Å². The minimum Gasteiger partial charge on any atom is -0.508 e. The van der Waals surface area contributed by atoms with E-state index in [4.69, 9.17) is 4.74 Å². The van der Waals surface area contributed by atoms with Crippen LogP contribution in [0.15, 0.2) is 48.5 Å². The minimum absolute atomic E-state index is 0.319. The van der Waals surface area contributed by atoms with Gasteiger partial charge in [-0.25, -0.2) is 0 Å². The van der Waals surface area contributed by atoms with Gasteiger partial charge >= 0.3 is 0 Å². The number of phenolic OH excluding ortho intramolecular Hbond substituents is 1. The van der Waals surface area contributed by atoms with E-state index in [9.17, 15) is 5.11 Å². The topological polar surface area (TPSA) is 32.7 Å². The number of hydrogen-bond acceptors (Lipinski definition) is 3. The smallest absolute Gasteiger partial charge is 0.119 e. The van der Waals surface area contributed by atoms with E-state index in [-0.39, 0.29) is 0 Å². The van der Waals surface area contributed by atoms with Crippen LogP contribution in [0, 0.1) is 0 Å². The van der Waals surface area contributed by atoms with Gasteiger partial charge in [0.1, 0.15) is 18.1 Å². The number of likely N-dealkylation sites (tertiary alicyclic amines) is 1. The Labute approximate surface area is 151 Å². The van der Waals surface area contributed by atoms with Crippen molar-refractivity contribution in [1.29, 1.82) is 0 Å². The van der Waals surface area contributed by atoms with Gasteiger partial charge in [0.15, 0.2) is 0 Å². The SMILES string of the molecule is CC(c1ccc(O)cc1)C(C)c1ccc(OCCN2CCCC2)cc1. The molecule has 3 nitrogen and oxygen atoms in total. The average Bonchev–Trinajstić information content (AvgIpc) is 3.15. The molecule has 0 bridgehead atoms. The first kappa shape index (κ1) is 17.8. The molecule has 1 N–H and O–H groups in total. The van der Waals surface area contributed by atoms with Crippen molar-refractivity contribution in [2.75, 3.05) is 26.2 Å². The zero-order chi connectivity index (χ0) is 17.6. The molecule has 1 saturated heterocycles. The van der Waals surface area contributed by atoms with Crippen LogP contribution >= 0.6 is 0 Å². The van der Waals surface area contributed by atoms with Crippen molar-refractivity contribution in [3.05, 3.63) is 59.7 Å². The van der Waals surface area contributed by atoms with E-state index in [0.717, 1.165) is 18.9 Å². The van der Waals surface area contributed by atoms with Gasteiger partial charge in [0.05, 0.1) is 0 Å². The van der Waals surface area contributed by atoms with Crippen molar-refractivity contribution in [3.8, 4) is 11.5 Å². The fourth-order valence-corrected chi connectivity index (χ4v) is 3.52. The number of nitrogens with zero attached hydrogens (tertiary/aromatic N) is 1. The third-order valence-electron chi connectivity index (χ3n) is 5.45. The molecule has 0 aromatic heterocycles. The molecule has 0 aliphatic carbocycles. The van der Waals surface area contributed by atoms with Crippen LogP contribution in [0.25, 0.3) is 0 Å². The Morgan fingerprint density at radius 1 is 0.880 bits per heavy atom. The molecular formula is C22H29NO2. The van der Waals surface area contributed by atoms with Gasteiger partial charge < -0.3 is 9.84 Å². The molecule has 2 aromatic rings. The number of rotatable bonds is 7. The van der Waals surface area contributed by atoms with Crippen molar-refractivity contribution >= 4 is 0 Å². The lowest BCUT2D eigenvalue weighted by atomic mass is 9.84. The average molecular weight is 339 g/mol. The lowest BCUT2D eigenvalue weighted by Crippen LogP contribution is -2.25. The van der Waals surface area contributed by atoms with Crippen LogP contribution in [-0.4, -0.2) is 36.2 Å². The van der Waals surface area contributed by atoms with Crippen LogP contribution < -0.4 is 4.74 Å². The zero-order valence-electron chi connectivity index (χ0n) is 15.3. The first-order chi connectivity index (χ1) is 12.1. The third-order valence-corrected chi connectivity index (χ3v) is 5.45. The van der Waals surface area contributed by atoms with E-state index in [1.165, 1.54) is 37.1 Å². The molecule has 0 saturated carbocycles. The second kappa shape index (κ2) is 8.39. The van der Waals surface area contributed by atoms with Crippen LogP contribution in [-0.2, 0) is 0 Å². The summed E-state index contributed by atoms with van der Waals surface area (Å²) >= 11 is 0. The standard InChI is InChI=1S/C22H29NO2/c1-17(19-5-9-21(24)10-6-19)18(2)20-7-11-22(12-8-20)25-16-15-23-13-3-4-14-23/h5-12,17-18,24H,3-4,13-16H2,1-2H3. The molecule has 1 heterocycles. The second-order valence-corrected chi connectivity index (χ2v) is 7.14. The predicted molar refractivity (Wildman–Crippen MR) is 103 cm³/mol. The third kappa shape index (κ3) is 4.76. The second-order valence-electron chi connectivity index (χ2n) is 7.14. The zero-order valence-corrected chi connectivity index (χ0v) is 15.3. The van der Waals surface area contributed by atoms with Crippen LogP contribution in [0.2, 0.25) is 0 Å². The maximum Gasteiger partial charge on any atom is 0.119 e. The quantitative estimate of drug-likeness (QED) is 0.788. The Kier molecular flexibility index (Phi) is 5.98. The molecular weight excluding hydrogens is 310 g/mol. The molecule has 0 radical (unpaired) electrons. The lowest BCUT2D eigenvalue weighted by molar-refractivity contribution is 0.237. The summed E-state index contributed by atoms with van der Waals surface area (Å²) < 4.78 is 5.89. The van der Waals surface area contributed by atoms with Crippen molar-refractivity contribution in [2.45, 2.75) is 38.5 Å². The number of aromatic hydroxyl groups is 1. The Morgan fingerprint density at radius 3 is 1.96 bits per heavy atom. The van der Waals surface area contributed by atoms with E-state index >= 15 is 0 Å². The van der Waals surface area contributed by atoms with Crippen LogP contribution in [0.5, 0.6) is 11.5 Å². The van der Waals surface area contributed by atoms with Gasteiger partial charge in [0.25, 0.3) is 0 Å². The number of benzene rings is 2. The molecule has 1 fully saturated rings. The Bertz CT molecular complexity index is 645. The summed E-state index contributed by atoms with van der Waals surface area (Å²) in [6.07, 6.45) is 2.65. The molecule has 2 atom stereocenters. The summed E-state index contributed by atoms with van der Waals surface area (Å²) in [5, 5.41) is 9.45. The van der Waals surface area contributed by atoms with E-state index in [0.29, 0.717) is 17.6 Å². The number of phenols is 1. The van der Waals surface area contributed by atoms with Crippen LogP contribution in [0.1, 0.15) is 49.7 Å². The van der Waals surface area contributed by atoms with Crippen molar-refractivity contribution < 1.29 is 9.84 Å². The summed E-state index contributed by atoms with van der Waals surface area (Å²) in [4.78, 5) is 2.47. The highest BCUT2D eigenvalue weighted by molar-refractivity contribution is 5.34. The molecule has 25 heavy (non-hydrogen) atoms. The van der Waals surface area contributed by atoms with Gasteiger partial charge in [-0.05, 0) is 73.2 Å². The summed E-state index contributed by atoms with van der Waals surface area (Å²) in [6.45, 7) is 8.71. The van der Waals surface area contributed by atoms with Gasteiger partial charge in [-0.3, -0.25) is 4.90 Å². The maximum absolute atomic E-state index is 9.45. The van der Waals surface area contributed by atoms with Gasteiger partial charge in [-0.1, -0.05) is 38.1 Å². The van der Waals surface area contributed by atoms with Crippen LogP contribution in [0.3, 0.4) is 0 Å². The highest BCUT2D eigenvalue weighted by Crippen LogP contribution is 2.33. The Hall–Kier alpha value is -2.00. The highest BCUT2D eigenvalue weighted by atomic mass is 16.5. The highest BCUT2D eigenvalue weighted by Gasteiger charge is 2.16. The van der Waals surface area contributed by atoms with Gasteiger partial charge in [-0.15, -0.1) is 0 Å². The lowest BCUT2D eigenvalue weighted by Gasteiger charge is -2.21. The molecule has 3 heteroatoms. The van der Waals surface area contributed by atoms with Gasteiger partial charge in [0.2, 0.25) is 0 Å². The fraction of sp³-hybridized carbons (Fsp3) is 0.455. The Balaban J connectivity index is 1.54. The molecule has 134 valence electrons. The molecule has 1 aliphatic rings. The summed E-state index contributed by atoms with van der Waals surface area (Å²) in [5.74, 6) is 2.07. The van der Waals surface area contributed by atoms with Crippen molar-refractivity contribution in [3.63, 3.8) is 0 Å². The van der Waals surface area contributed by atoms with E-state index < -0.39 is 0 Å². The van der Waals surface area contributed by atoms with Crippen LogP contribution in [0.4, 0.5) is 0 Å². The van der Waals surface area contributed by atoms with Crippen molar-refractivity contribution in [1.82, 2.24) is 4.90 Å².